The zero-order chi connectivity index (χ0) is 36.4. The third-order valence-corrected chi connectivity index (χ3v) is 9.98. The first-order chi connectivity index (χ1) is 25.1. The van der Waals surface area contributed by atoms with Crippen molar-refractivity contribution in [3.63, 3.8) is 0 Å². The van der Waals surface area contributed by atoms with Crippen molar-refractivity contribution >= 4 is 34.9 Å². The first kappa shape index (κ1) is 34.9. The molecule has 0 unspecified atom stereocenters. The molecule has 0 saturated carbocycles. The van der Waals surface area contributed by atoms with Gasteiger partial charge in [0.1, 0.15) is 23.8 Å². The van der Waals surface area contributed by atoms with Gasteiger partial charge in [-0.15, -0.1) is 0 Å². The van der Waals surface area contributed by atoms with Gasteiger partial charge < -0.3 is 25.0 Å². The van der Waals surface area contributed by atoms with E-state index in [1.165, 1.54) is 0 Å². The molecule has 10 heteroatoms. The predicted molar refractivity (Wildman–Crippen MR) is 201 cm³/mol. The third kappa shape index (κ3) is 7.41. The number of aromatic nitrogens is 1. The van der Waals surface area contributed by atoms with Crippen molar-refractivity contribution in [1.82, 2.24) is 14.8 Å². The maximum Gasteiger partial charge on any atom is 0.228 e. The highest BCUT2D eigenvalue weighted by Crippen LogP contribution is 2.49. The number of carbonyl (C=O) groups excluding carboxylic acids is 3. The van der Waals surface area contributed by atoms with E-state index in [4.69, 9.17) is 16.3 Å². The Hall–Kier alpha value is -5.54. The van der Waals surface area contributed by atoms with E-state index in [2.05, 4.69) is 10.6 Å². The van der Waals surface area contributed by atoms with E-state index in [1.807, 2.05) is 104 Å². The van der Waals surface area contributed by atoms with Crippen LogP contribution in [0.25, 0.3) is 5.69 Å². The average molecular weight is 717 g/mol. The van der Waals surface area contributed by atoms with Gasteiger partial charge in [-0.25, -0.2) is 0 Å². The van der Waals surface area contributed by atoms with E-state index in [-0.39, 0.29) is 48.0 Å². The molecule has 9 nitrogen and oxygen atoms in total. The van der Waals surface area contributed by atoms with E-state index >= 15 is 0 Å². The molecular formula is C42H41ClN4O5. The zero-order valence-electron chi connectivity index (χ0n) is 29.2. The number of nitrogens with zero attached hydrogens (tertiary/aromatic N) is 2. The lowest BCUT2D eigenvalue weighted by molar-refractivity contribution is -0.132. The highest BCUT2D eigenvalue weighted by molar-refractivity contribution is 6.31. The van der Waals surface area contributed by atoms with Crippen molar-refractivity contribution in [3.8, 4) is 11.4 Å². The number of rotatable bonds is 9. The molecule has 0 saturated heterocycles. The van der Waals surface area contributed by atoms with E-state index in [0.29, 0.717) is 70.6 Å². The van der Waals surface area contributed by atoms with Crippen molar-refractivity contribution in [3.05, 3.63) is 148 Å². The summed E-state index contributed by atoms with van der Waals surface area (Å²) in [5.41, 5.74) is 4.69. The van der Waals surface area contributed by atoms with Gasteiger partial charge in [0, 0.05) is 65.7 Å². The minimum absolute atomic E-state index is 0.0972. The number of hydrogen-bond donors (Lipinski definition) is 3. The molecule has 3 aliphatic rings. The number of allylic oxidation sites excluding steroid dienone is 3. The summed E-state index contributed by atoms with van der Waals surface area (Å²) < 4.78 is 8.02. The summed E-state index contributed by atoms with van der Waals surface area (Å²) in [5, 5.41) is 17.8. The van der Waals surface area contributed by atoms with Crippen LogP contribution in [0.1, 0.15) is 69.5 Å². The number of halogens is 1. The third-order valence-electron chi connectivity index (χ3n) is 9.65. The monoisotopic (exact) mass is 716 g/mol. The number of benzene rings is 3. The van der Waals surface area contributed by atoms with Crippen LogP contribution in [0.15, 0.2) is 132 Å². The number of carbonyl (C=O) groups is 3. The standard InChI is InChI=1S/C42H41ClN4O5/c1-42(2)24-33-39(36(49)25-42)41(31-18-17-30(23-32(31)43)52-26-27-9-4-3-5-10-27)47(34-11-8-12-35(48)40(34)45-33)38(51)20-19-37(50)44-28-13-15-29(16-14-28)46-21-6-7-22-46/h3-7,9-11,13-18,21-23,41,45,48H,8,12,19-20,24-26H2,1-2H3,(H,44,50)/t41-/m0/s1. The van der Waals surface area contributed by atoms with Crippen LogP contribution in [0.4, 0.5) is 5.69 Å². The molecule has 2 aliphatic carbocycles. The Morgan fingerprint density at radius 2 is 1.73 bits per heavy atom. The van der Waals surface area contributed by atoms with Gasteiger partial charge in [-0.05, 0) is 77.9 Å². The quantitative estimate of drug-likeness (QED) is 0.160. The Morgan fingerprint density at radius 3 is 2.46 bits per heavy atom. The second kappa shape index (κ2) is 14.6. The number of anilines is 1. The molecule has 2 heterocycles. The van der Waals surface area contributed by atoms with Crippen LogP contribution in [-0.2, 0) is 21.0 Å². The van der Waals surface area contributed by atoms with Crippen LogP contribution in [-0.4, -0.2) is 32.2 Å². The summed E-state index contributed by atoms with van der Waals surface area (Å²) in [4.78, 5) is 43.5. The van der Waals surface area contributed by atoms with Crippen LogP contribution in [0, 0.1) is 5.41 Å². The van der Waals surface area contributed by atoms with Gasteiger partial charge in [0.05, 0.1) is 11.7 Å². The second-order valence-corrected chi connectivity index (χ2v) is 14.6. The lowest BCUT2D eigenvalue weighted by Crippen LogP contribution is -2.39. The molecule has 2 amide bonds. The molecule has 266 valence electrons. The van der Waals surface area contributed by atoms with Gasteiger partial charge >= 0.3 is 0 Å². The summed E-state index contributed by atoms with van der Waals surface area (Å²) >= 11 is 7.05. The summed E-state index contributed by atoms with van der Waals surface area (Å²) in [6, 6.07) is 25.5. The normalized spacial score (nSPS) is 18.1. The lowest BCUT2D eigenvalue weighted by Gasteiger charge is -2.37. The van der Waals surface area contributed by atoms with Gasteiger partial charge in [-0.3, -0.25) is 19.3 Å². The van der Waals surface area contributed by atoms with Gasteiger partial charge in [-0.1, -0.05) is 67.9 Å². The number of Topliss-reactive ketones (excluding diaryl/α,β-unsaturated/α-hetero) is 1. The summed E-state index contributed by atoms with van der Waals surface area (Å²) in [7, 11) is 0. The second-order valence-electron chi connectivity index (χ2n) is 14.2. The largest absolute Gasteiger partial charge is 0.510 e. The number of amides is 2. The number of hydrogen-bond acceptors (Lipinski definition) is 6. The average Bonchev–Trinajstić information content (AvgIpc) is 3.61. The lowest BCUT2D eigenvalue weighted by atomic mass is 9.73. The first-order valence-corrected chi connectivity index (χ1v) is 17.9. The summed E-state index contributed by atoms with van der Waals surface area (Å²) in [6.07, 6.45) is 7.22. The fourth-order valence-electron chi connectivity index (χ4n) is 7.18. The Balaban J connectivity index is 1.20. The van der Waals surface area contributed by atoms with E-state index in [1.54, 1.807) is 23.1 Å². The van der Waals surface area contributed by atoms with Gasteiger partial charge in [-0.2, -0.15) is 0 Å². The minimum Gasteiger partial charge on any atom is -0.510 e. The van der Waals surface area contributed by atoms with Crippen molar-refractivity contribution in [2.45, 2.75) is 65.0 Å². The van der Waals surface area contributed by atoms with Crippen molar-refractivity contribution < 1.29 is 24.2 Å². The Bertz CT molecular complexity index is 2100. The van der Waals surface area contributed by atoms with Gasteiger partial charge in [0.25, 0.3) is 0 Å². The van der Waals surface area contributed by atoms with Crippen LogP contribution < -0.4 is 15.4 Å². The topological polar surface area (TPSA) is 113 Å². The smallest absolute Gasteiger partial charge is 0.228 e. The fraction of sp³-hybridized carbons (Fsp3) is 0.262. The molecule has 1 atom stereocenters. The Morgan fingerprint density at radius 1 is 0.981 bits per heavy atom. The molecule has 1 aromatic heterocycles. The number of fused-ring (bicyclic) bond motifs is 1. The maximum absolute atomic E-state index is 14.5. The fourth-order valence-corrected chi connectivity index (χ4v) is 7.45. The summed E-state index contributed by atoms with van der Waals surface area (Å²) in [5.74, 6) is -0.162. The zero-order valence-corrected chi connectivity index (χ0v) is 30.0. The minimum atomic E-state index is -0.909. The molecule has 52 heavy (non-hydrogen) atoms. The number of aliphatic hydroxyl groups excluding tert-OH is 1. The van der Waals surface area contributed by atoms with Crippen LogP contribution >= 0.6 is 11.6 Å². The number of aliphatic hydroxyl groups is 1. The van der Waals surface area contributed by atoms with Crippen LogP contribution in [0.2, 0.25) is 5.02 Å². The molecule has 3 N–H and O–H groups in total. The van der Waals surface area contributed by atoms with E-state index in [9.17, 15) is 19.5 Å². The molecule has 0 bridgehead atoms. The first-order valence-electron chi connectivity index (χ1n) is 17.5. The molecule has 0 spiro atoms. The Labute approximate surface area is 308 Å². The van der Waals surface area contributed by atoms with Crippen molar-refractivity contribution in [2.75, 3.05) is 5.32 Å². The molecule has 1 aliphatic heterocycles. The molecule has 3 aromatic carbocycles. The number of ketones is 1. The summed E-state index contributed by atoms with van der Waals surface area (Å²) in [6.45, 7) is 4.41. The van der Waals surface area contributed by atoms with Gasteiger partial charge in [0.2, 0.25) is 11.8 Å². The van der Waals surface area contributed by atoms with Crippen LogP contribution in [0.3, 0.4) is 0 Å². The molecule has 7 rings (SSSR count). The van der Waals surface area contributed by atoms with Gasteiger partial charge in [0.15, 0.2) is 5.78 Å². The van der Waals surface area contributed by atoms with E-state index in [0.717, 1.165) is 11.3 Å². The number of nitrogens with one attached hydrogen (secondary N) is 2. The highest BCUT2D eigenvalue weighted by Gasteiger charge is 2.45. The molecule has 4 aromatic rings. The molecule has 0 fully saturated rings. The van der Waals surface area contributed by atoms with Crippen LogP contribution in [0.5, 0.6) is 5.75 Å². The number of ether oxygens (including phenoxy) is 1. The van der Waals surface area contributed by atoms with Crippen molar-refractivity contribution in [2.24, 2.45) is 5.41 Å². The van der Waals surface area contributed by atoms with E-state index < -0.39 is 6.04 Å². The SMILES string of the molecule is CC1(C)CC(=O)C2=C(C1)NC1=C(O)CCC=C1N(C(=O)CCC(=O)Nc1ccc(-n3cccc3)cc1)[C@H]2c1ccc(OCc2ccccc2)cc1Cl. The molecule has 0 radical (unpaired) electrons. The Kier molecular flexibility index (Phi) is 9.79. The maximum atomic E-state index is 14.5. The predicted octanol–water partition coefficient (Wildman–Crippen LogP) is 8.69. The molecular weight excluding hydrogens is 676 g/mol. The highest BCUT2D eigenvalue weighted by atomic mass is 35.5. The van der Waals surface area contributed by atoms with Crippen molar-refractivity contribution in [1.29, 1.82) is 0 Å².